The summed E-state index contributed by atoms with van der Waals surface area (Å²) in [5.41, 5.74) is 4.70. The topological polar surface area (TPSA) is 81.2 Å². The van der Waals surface area contributed by atoms with E-state index in [9.17, 15) is 9.59 Å². The van der Waals surface area contributed by atoms with Crippen molar-refractivity contribution in [3.63, 3.8) is 0 Å². The van der Waals surface area contributed by atoms with Crippen LogP contribution in [-0.4, -0.2) is 28.5 Å². The van der Waals surface area contributed by atoms with Crippen LogP contribution in [0.15, 0.2) is 60.8 Å². The molecule has 0 spiro atoms. The molecule has 1 amide bonds. The molecule has 2 aromatic heterocycles. The molecule has 2 aromatic carbocycles. The Labute approximate surface area is 192 Å². The molecule has 0 saturated heterocycles. The van der Waals surface area contributed by atoms with Gasteiger partial charge in [0.25, 0.3) is 5.91 Å². The number of carbonyl (C=O) groups excluding carboxylic acids is 2. The molecule has 6 nitrogen and oxygen atoms in total. The van der Waals surface area contributed by atoms with Crippen LogP contribution in [0.1, 0.15) is 47.3 Å². The third-order valence-corrected chi connectivity index (χ3v) is 6.08. The Bertz CT molecular complexity index is 1350. The van der Waals surface area contributed by atoms with Gasteiger partial charge in [-0.25, -0.2) is 4.79 Å². The molecule has 0 aliphatic heterocycles. The van der Waals surface area contributed by atoms with Crippen LogP contribution in [0.5, 0.6) is 0 Å². The summed E-state index contributed by atoms with van der Waals surface area (Å²) in [5, 5.41) is 4.47. The highest BCUT2D eigenvalue weighted by Gasteiger charge is 2.23. The number of hydrogen-bond donors (Lipinski definition) is 1. The smallest absolute Gasteiger partial charge is 0.339 e. The molecule has 33 heavy (non-hydrogen) atoms. The second-order valence-electron chi connectivity index (χ2n) is 8.38. The average molecular weight is 440 g/mol. The number of ether oxygens (including phenoxy) is 1. The summed E-state index contributed by atoms with van der Waals surface area (Å²) in [6, 6.07) is 17.2. The number of anilines is 1. The molecule has 6 heteroatoms. The van der Waals surface area contributed by atoms with Crippen LogP contribution < -0.4 is 5.32 Å². The zero-order valence-electron chi connectivity index (χ0n) is 18.3. The number of hydrogen-bond acceptors (Lipinski definition) is 5. The van der Waals surface area contributed by atoms with Crippen LogP contribution >= 0.6 is 0 Å². The summed E-state index contributed by atoms with van der Waals surface area (Å²) in [6.07, 6.45) is 7.65. The van der Waals surface area contributed by atoms with Crippen LogP contribution in [0.4, 0.5) is 5.69 Å². The average Bonchev–Trinajstić information content (AvgIpc) is 2.82. The van der Waals surface area contributed by atoms with Gasteiger partial charge >= 0.3 is 5.97 Å². The molecule has 1 aliphatic carbocycles. The molecule has 0 fully saturated rings. The molecule has 0 bridgehead atoms. The second-order valence-corrected chi connectivity index (χ2v) is 8.38. The van der Waals surface area contributed by atoms with Gasteiger partial charge in [0, 0.05) is 16.5 Å². The van der Waals surface area contributed by atoms with E-state index in [1.807, 2.05) is 54.6 Å². The van der Waals surface area contributed by atoms with Crippen molar-refractivity contribution in [2.24, 2.45) is 0 Å². The van der Waals surface area contributed by atoms with E-state index in [1.165, 1.54) is 6.42 Å². The molecule has 0 unspecified atom stereocenters. The molecule has 0 saturated carbocycles. The molecule has 166 valence electrons. The lowest BCUT2D eigenvalue weighted by Gasteiger charge is -2.18. The van der Waals surface area contributed by atoms with Gasteiger partial charge < -0.3 is 10.1 Å². The molecule has 0 atom stereocenters. The number of para-hydroxylation sites is 2. The minimum absolute atomic E-state index is 0.364. The molecule has 1 N–H and O–H groups in total. The quantitative estimate of drug-likeness (QED) is 0.440. The predicted molar refractivity (Wildman–Crippen MR) is 128 cm³/mol. The largest absolute Gasteiger partial charge is 0.452 e. The Morgan fingerprint density at radius 1 is 0.909 bits per heavy atom. The van der Waals surface area contributed by atoms with Gasteiger partial charge in [0.15, 0.2) is 6.61 Å². The van der Waals surface area contributed by atoms with Crippen molar-refractivity contribution in [1.82, 2.24) is 9.97 Å². The molecule has 2 heterocycles. The van der Waals surface area contributed by atoms with Gasteiger partial charge in [-0.2, -0.15) is 0 Å². The maximum Gasteiger partial charge on any atom is 0.339 e. The summed E-state index contributed by atoms with van der Waals surface area (Å²) < 4.78 is 5.50. The van der Waals surface area contributed by atoms with Crippen molar-refractivity contribution in [1.29, 1.82) is 0 Å². The number of benzene rings is 2. The Morgan fingerprint density at radius 3 is 2.55 bits per heavy atom. The van der Waals surface area contributed by atoms with E-state index >= 15 is 0 Å². The van der Waals surface area contributed by atoms with Crippen LogP contribution in [-0.2, 0) is 22.4 Å². The Balaban J connectivity index is 1.36. The zero-order chi connectivity index (χ0) is 22.6. The fourth-order valence-electron chi connectivity index (χ4n) is 4.50. The van der Waals surface area contributed by atoms with Crippen LogP contribution in [0.25, 0.3) is 21.8 Å². The van der Waals surface area contributed by atoms with E-state index < -0.39 is 11.9 Å². The summed E-state index contributed by atoms with van der Waals surface area (Å²) in [4.78, 5) is 34.9. The first-order valence-corrected chi connectivity index (χ1v) is 11.4. The maximum atomic E-state index is 13.2. The number of rotatable bonds is 4. The fourth-order valence-corrected chi connectivity index (χ4v) is 4.50. The third kappa shape index (κ3) is 4.55. The van der Waals surface area contributed by atoms with E-state index in [0.717, 1.165) is 65.2 Å². The highest BCUT2D eigenvalue weighted by Crippen LogP contribution is 2.29. The molecule has 5 rings (SSSR count). The van der Waals surface area contributed by atoms with Crippen LogP contribution in [0.2, 0.25) is 0 Å². The van der Waals surface area contributed by atoms with Gasteiger partial charge in [-0.05, 0) is 49.4 Å². The number of nitrogens with zero attached hydrogens (tertiary/aromatic N) is 2. The van der Waals surface area contributed by atoms with Gasteiger partial charge in [-0.3, -0.25) is 14.8 Å². The standard InChI is InChI=1S/C27H25N3O3/c31-25(29-19-15-18-9-5-7-12-22(18)28-16-19)17-33-27(32)26-20-10-3-1-2-4-13-23(20)30-24-14-8-6-11-21(24)26/h5-9,11-12,14-16H,1-4,10,13,17H2,(H,29,31). The summed E-state index contributed by atoms with van der Waals surface area (Å²) >= 11 is 0. The third-order valence-electron chi connectivity index (χ3n) is 6.08. The zero-order valence-corrected chi connectivity index (χ0v) is 18.3. The van der Waals surface area contributed by atoms with E-state index in [-0.39, 0.29) is 6.61 Å². The van der Waals surface area contributed by atoms with Gasteiger partial charge in [0.2, 0.25) is 0 Å². The number of esters is 1. The van der Waals surface area contributed by atoms with Crippen molar-refractivity contribution in [2.45, 2.75) is 38.5 Å². The lowest BCUT2D eigenvalue weighted by atomic mass is 9.91. The molecular weight excluding hydrogens is 414 g/mol. The molecule has 4 aromatic rings. The van der Waals surface area contributed by atoms with Crippen molar-refractivity contribution in [3.8, 4) is 0 Å². The van der Waals surface area contributed by atoms with Crippen LogP contribution in [0.3, 0.4) is 0 Å². The Hall–Kier alpha value is -3.80. The number of carbonyl (C=O) groups is 2. The van der Waals surface area contributed by atoms with Crippen molar-refractivity contribution < 1.29 is 14.3 Å². The van der Waals surface area contributed by atoms with E-state index in [2.05, 4.69) is 10.3 Å². The van der Waals surface area contributed by atoms with Crippen molar-refractivity contribution in [2.75, 3.05) is 11.9 Å². The number of pyridine rings is 2. The van der Waals surface area contributed by atoms with Crippen molar-refractivity contribution >= 4 is 39.4 Å². The highest BCUT2D eigenvalue weighted by atomic mass is 16.5. The first-order chi connectivity index (χ1) is 16.2. The van der Waals surface area contributed by atoms with E-state index in [4.69, 9.17) is 9.72 Å². The van der Waals surface area contributed by atoms with Crippen molar-refractivity contribution in [3.05, 3.63) is 77.6 Å². The number of fused-ring (bicyclic) bond motifs is 3. The summed E-state index contributed by atoms with van der Waals surface area (Å²) in [7, 11) is 0. The predicted octanol–water partition coefficient (Wildman–Crippen LogP) is 5.24. The summed E-state index contributed by atoms with van der Waals surface area (Å²) in [5.74, 6) is -0.876. The van der Waals surface area contributed by atoms with Gasteiger partial charge in [0.1, 0.15) is 0 Å². The molecule has 0 radical (unpaired) electrons. The van der Waals surface area contributed by atoms with E-state index in [0.29, 0.717) is 11.3 Å². The van der Waals surface area contributed by atoms with E-state index in [1.54, 1.807) is 6.20 Å². The number of aryl methyl sites for hydroxylation is 1. The number of aromatic nitrogens is 2. The number of amides is 1. The molecular formula is C27H25N3O3. The minimum Gasteiger partial charge on any atom is -0.452 e. The normalized spacial score (nSPS) is 13.7. The van der Waals surface area contributed by atoms with Gasteiger partial charge in [-0.15, -0.1) is 0 Å². The monoisotopic (exact) mass is 439 g/mol. The first-order valence-electron chi connectivity index (χ1n) is 11.4. The Morgan fingerprint density at radius 2 is 1.67 bits per heavy atom. The lowest BCUT2D eigenvalue weighted by Crippen LogP contribution is -2.22. The lowest BCUT2D eigenvalue weighted by molar-refractivity contribution is -0.119. The first kappa shape index (κ1) is 21.1. The fraction of sp³-hybridized carbons (Fsp3) is 0.259. The summed E-state index contributed by atoms with van der Waals surface area (Å²) in [6.45, 7) is -0.364. The maximum absolute atomic E-state index is 13.2. The highest BCUT2D eigenvalue weighted by molar-refractivity contribution is 6.06. The van der Waals surface area contributed by atoms with Gasteiger partial charge in [0.05, 0.1) is 28.5 Å². The molecule has 1 aliphatic rings. The second kappa shape index (κ2) is 9.36. The van der Waals surface area contributed by atoms with Gasteiger partial charge in [-0.1, -0.05) is 49.2 Å². The minimum atomic E-state index is -0.475. The van der Waals surface area contributed by atoms with Crippen LogP contribution in [0, 0.1) is 0 Å². The SMILES string of the molecule is O=C(COC(=O)c1c2c(nc3ccccc13)CCCCCC2)Nc1cnc2ccccc2c1. The Kier molecular flexibility index (Phi) is 5.98. The number of nitrogens with one attached hydrogen (secondary N) is 1.